The fourth-order valence-electron chi connectivity index (χ4n) is 1.46. The molecule has 0 amide bonds. The highest BCUT2D eigenvalue weighted by Crippen LogP contribution is 2.28. The predicted octanol–water partition coefficient (Wildman–Crippen LogP) is 1.35. The molecule has 0 bridgehead atoms. The van der Waals surface area contributed by atoms with E-state index in [9.17, 15) is 13.5 Å². The van der Waals surface area contributed by atoms with E-state index in [1.807, 2.05) is 0 Å². The van der Waals surface area contributed by atoms with E-state index in [1.165, 1.54) is 39.3 Å². The van der Waals surface area contributed by atoms with Crippen LogP contribution in [0.3, 0.4) is 0 Å². The number of halogens is 1. The number of aliphatic hydroxyl groups is 1. The Morgan fingerprint density at radius 1 is 1.50 bits per heavy atom. The third-order valence-electron chi connectivity index (χ3n) is 2.35. The fraction of sp³-hybridized carbons (Fsp3) is 0.455. The lowest BCUT2D eigenvalue weighted by atomic mass is 10.3. The Kier molecular flexibility index (Phi) is 4.98. The van der Waals surface area contributed by atoms with Crippen molar-refractivity contribution in [1.82, 2.24) is 4.31 Å². The second-order valence-electron chi connectivity index (χ2n) is 3.93. The summed E-state index contributed by atoms with van der Waals surface area (Å²) in [5, 5.41) is 9.44. The molecule has 0 fully saturated rings. The number of methoxy groups -OCH3 is 1. The highest BCUT2D eigenvalue weighted by molar-refractivity contribution is 7.89. The van der Waals surface area contributed by atoms with Crippen LogP contribution in [0.25, 0.3) is 0 Å². The fourth-order valence-corrected chi connectivity index (χ4v) is 3.06. The van der Waals surface area contributed by atoms with E-state index in [4.69, 9.17) is 16.3 Å². The molecule has 5 nitrogen and oxygen atoms in total. The maximum Gasteiger partial charge on any atom is 0.242 e. The highest BCUT2D eigenvalue weighted by Gasteiger charge is 2.22. The first-order valence-electron chi connectivity index (χ1n) is 5.27. The molecule has 0 radical (unpaired) electrons. The van der Waals surface area contributed by atoms with Crippen molar-refractivity contribution in [1.29, 1.82) is 0 Å². The van der Waals surface area contributed by atoms with E-state index in [0.29, 0.717) is 5.75 Å². The number of ether oxygens (including phenoxy) is 1. The van der Waals surface area contributed by atoms with Gasteiger partial charge in [-0.15, -0.1) is 0 Å². The molecule has 18 heavy (non-hydrogen) atoms. The molecule has 1 N–H and O–H groups in total. The van der Waals surface area contributed by atoms with Gasteiger partial charge in [0.15, 0.2) is 0 Å². The van der Waals surface area contributed by atoms with Crippen molar-refractivity contribution in [3.63, 3.8) is 0 Å². The minimum Gasteiger partial charge on any atom is -0.495 e. The molecule has 1 unspecified atom stereocenters. The van der Waals surface area contributed by atoms with Crippen molar-refractivity contribution >= 4 is 21.6 Å². The van der Waals surface area contributed by atoms with Gasteiger partial charge in [-0.1, -0.05) is 11.6 Å². The first-order valence-corrected chi connectivity index (χ1v) is 7.08. The lowest BCUT2D eigenvalue weighted by Crippen LogP contribution is -2.33. The molecule has 7 heteroatoms. The zero-order valence-electron chi connectivity index (χ0n) is 10.4. The van der Waals surface area contributed by atoms with Crippen LogP contribution in [0, 0.1) is 0 Å². The Morgan fingerprint density at radius 2 is 2.11 bits per heavy atom. The Balaban J connectivity index is 3.09. The quantitative estimate of drug-likeness (QED) is 0.890. The van der Waals surface area contributed by atoms with Crippen LogP contribution in [0.4, 0.5) is 0 Å². The molecule has 102 valence electrons. The minimum atomic E-state index is -3.65. The summed E-state index contributed by atoms with van der Waals surface area (Å²) >= 11 is 5.89. The molecule has 1 aromatic carbocycles. The van der Waals surface area contributed by atoms with Gasteiger partial charge in [0.2, 0.25) is 10.0 Å². The molecule has 0 heterocycles. The molecule has 0 saturated carbocycles. The van der Waals surface area contributed by atoms with Crippen LogP contribution in [-0.4, -0.2) is 44.6 Å². The minimum absolute atomic E-state index is 0.0198. The largest absolute Gasteiger partial charge is 0.495 e. The molecule has 0 saturated heterocycles. The molecule has 0 aromatic heterocycles. The van der Waals surface area contributed by atoms with Gasteiger partial charge >= 0.3 is 0 Å². The van der Waals surface area contributed by atoms with Crippen LogP contribution in [-0.2, 0) is 10.0 Å². The standard InChI is InChI=1S/C11H16ClNO4S/c1-8(14)7-13(2)18(15,16)9-4-5-11(17-3)10(12)6-9/h4-6,8,14H,7H2,1-3H3. The molecular weight excluding hydrogens is 278 g/mol. The maximum absolute atomic E-state index is 12.1. The molecule has 0 spiro atoms. The van der Waals surface area contributed by atoms with Crippen LogP contribution in [0.5, 0.6) is 5.75 Å². The van der Waals surface area contributed by atoms with Crippen molar-refractivity contribution in [3.05, 3.63) is 23.2 Å². The second-order valence-corrected chi connectivity index (χ2v) is 6.38. The third-order valence-corrected chi connectivity index (χ3v) is 4.47. The van der Waals surface area contributed by atoms with E-state index in [0.717, 1.165) is 4.31 Å². The van der Waals surface area contributed by atoms with Crippen molar-refractivity contribution in [2.45, 2.75) is 17.9 Å². The summed E-state index contributed by atoms with van der Waals surface area (Å²) < 4.78 is 30.3. The zero-order valence-corrected chi connectivity index (χ0v) is 12.0. The molecule has 0 aliphatic carbocycles. The van der Waals surface area contributed by atoms with Crippen molar-refractivity contribution in [3.8, 4) is 5.75 Å². The van der Waals surface area contributed by atoms with Gasteiger partial charge < -0.3 is 9.84 Å². The van der Waals surface area contributed by atoms with E-state index in [-0.39, 0.29) is 16.5 Å². The Morgan fingerprint density at radius 3 is 2.56 bits per heavy atom. The Bertz CT molecular complexity index is 516. The van der Waals surface area contributed by atoms with Crippen LogP contribution < -0.4 is 4.74 Å². The maximum atomic E-state index is 12.1. The lowest BCUT2D eigenvalue weighted by molar-refractivity contribution is 0.171. The number of sulfonamides is 1. The molecule has 0 aliphatic rings. The van der Waals surface area contributed by atoms with Gasteiger partial charge in [-0.05, 0) is 25.1 Å². The van der Waals surface area contributed by atoms with Crippen LogP contribution >= 0.6 is 11.6 Å². The van der Waals surface area contributed by atoms with E-state index < -0.39 is 16.1 Å². The number of likely N-dealkylation sites (N-methyl/N-ethyl adjacent to an activating group) is 1. The summed E-state index contributed by atoms with van der Waals surface area (Å²) in [7, 11) is -0.792. The van der Waals surface area contributed by atoms with Crippen molar-refractivity contribution < 1.29 is 18.3 Å². The van der Waals surface area contributed by atoms with Crippen molar-refractivity contribution in [2.75, 3.05) is 20.7 Å². The summed E-state index contributed by atoms with van der Waals surface area (Å²) in [6.07, 6.45) is -0.738. The van der Waals surface area contributed by atoms with Crippen LogP contribution in [0.2, 0.25) is 5.02 Å². The summed E-state index contributed by atoms with van der Waals surface area (Å²) in [4.78, 5) is 0.0662. The predicted molar refractivity (Wildman–Crippen MR) is 69.5 cm³/mol. The second kappa shape index (κ2) is 5.88. The summed E-state index contributed by atoms with van der Waals surface area (Å²) in [6, 6.07) is 4.23. The number of aliphatic hydroxyl groups excluding tert-OH is 1. The SMILES string of the molecule is COc1ccc(S(=O)(=O)N(C)CC(C)O)cc1Cl. The summed E-state index contributed by atoms with van der Waals surface area (Å²) in [6.45, 7) is 1.54. The molecule has 1 atom stereocenters. The van der Waals surface area contributed by atoms with Gasteiger partial charge in [-0.3, -0.25) is 0 Å². The third kappa shape index (κ3) is 3.35. The van der Waals surface area contributed by atoms with Crippen LogP contribution in [0.1, 0.15) is 6.92 Å². The summed E-state index contributed by atoms with van der Waals surface area (Å²) in [5.41, 5.74) is 0. The normalized spacial score (nSPS) is 13.7. The van der Waals surface area contributed by atoms with Gasteiger partial charge in [-0.2, -0.15) is 4.31 Å². The van der Waals surface area contributed by atoms with Gasteiger partial charge in [0.05, 0.1) is 23.1 Å². The number of rotatable bonds is 5. The van der Waals surface area contributed by atoms with E-state index >= 15 is 0 Å². The monoisotopic (exact) mass is 293 g/mol. The Hall–Kier alpha value is -0.820. The van der Waals surface area contributed by atoms with E-state index in [2.05, 4.69) is 0 Å². The topological polar surface area (TPSA) is 66.8 Å². The molecule has 1 aromatic rings. The summed E-state index contributed by atoms with van der Waals surface area (Å²) in [5.74, 6) is 0.411. The van der Waals surface area contributed by atoms with Gasteiger partial charge in [-0.25, -0.2) is 8.42 Å². The number of nitrogens with zero attached hydrogens (tertiary/aromatic N) is 1. The zero-order chi connectivity index (χ0) is 13.9. The lowest BCUT2D eigenvalue weighted by Gasteiger charge is -2.19. The number of hydrogen-bond acceptors (Lipinski definition) is 4. The van der Waals surface area contributed by atoms with Crippen LogP contribution in [0.15, 0.2) is 23.1 Å². The van der Waals surface area contributed by atoms with Gasteiger partial charge in [0.25, 0.3) is 0 Å². The smallest absolute Gasteiger partial charge is 0.242 e. The average Bonchev–Trinajstić information content (AvgIpc) is 2.27. The van der Waals surface area contributed by atoms with Gasteiger partial charge in [0.1, 0.15) is 5.75 Å². The number of hydrogen-bond donors (Lipinski definition) is 1. The van der Waals surface area contributed by atoms with Crippen molar-refractivity contribution in [2.24, 2.45) is 0 Å². The molecular formula is C11H16ClNO4S. The number of benzene rings is 1. The highest BCUT2D eigenvalue weighted by atomic mass is 35.5. The van der Waals surface area contributed by atoms with E-state index in [1.54, 1.807) is 0 Å². The molecule has 1 rings (SSSR count). The average molecular weight is 294 g/mol. The molecule has 0 aliphatic heterocycles. The van der Waals surface area contributed by atoms with Gasteiger partial charge in [0, 0.05) is 13.6 Å². The first-order chi connectivity index (χ1) is 8.28. The first kappa shape index (κ1) is 15.2. The Labute approximate surface area is 112 Å².